The molecule has 1 rings (SSSR count). The summed E-state index contributed by atoms with van der Waals surface area (Å²) in [5.74, 6) is -2.18. The minimum atomic E-state index is -1.13. The predicted octanol–water partition coefficient (Wildman–Crippen LogP) is -1.73. The molecule has 1 aliphatic rings. The zero-order chi connectivity index (χ0) is 15.8. The van der Waals surface area contributed by atoms with E-state index in [1.165, 1.54) is 11.0 Å². The fourth-order valence-electron chi connectivity index (χ4n) is 1.90. The van der Waals surface area contributed by atoms with E-state index in [4.69, 9.17) is 5.11 Å². The van der Waals surface area contributed by atoms with E-state index in [2.05, 4.69) is 22.5 Å². The molecule has 0 aliphatic carbocycles. The summed E-state index contributed by atoms with van der Waals surface area (Å²) >= 11 is 0. The number of piperazine rings is 1. The number of imide groups is 1. The first-order valence-electron chi connectivity index (χ1n) is 6.36. The van der Waals surface area contributed by atoms with E-state index in [0.29, 0.717) is 13.1 Å². The molecule has 1 atom stereocenters. The molecule has 9 nitrogen and oxygen atoms in total. The summed E-state index contributed by atoms with van der Waals surface area (Å²) in [6, 6.07) is -1.59. The van der Waals surface area contributed by atoms with Crippen LogP contribution in [0.1, 0.15) is 6.42 Å². The van der Waals surface area contributed by atoms with Crippen molar-refractivity contribution < 1.29 is 24.3 Å². The molecular formula is C12H18N4O5. The van der Waals surface area contributed by atoms with E-state index < -0.39 is 36.3 Å². The van der Waals surface area contributed by atoms with Gasteiger partial charge in [0.2, 0.25) is 11.8 Å². The highest BCUT2D eigenvalue weighted by molar-refractivity contribution is 5.96. The second-order valence-electron chi connectivity index (χ2n) is 4.42. The van der Waals surface area contributed by atoms with Gasteiger partial charge in [0, 0.05) is 19.6 Å². The Kier molecular flexibility index (Phi) is 6.34. The lowest BCUT2D eigenvalue weighted by Crippen LogP contribution is -2.58. The van der Waals surface area contributed by atoms with Crippen LogP contribution < -0.4 is 16.0 Å². The number of carboxylic acids is 1. The van der Waals surface area contributed by atoms with Crippen LogP contribution in [0.2, 0.25) is 0 Å². The lowest BCUT2D eigenvalue weighted by molar-refractivity contribution is -0.144. The summed E-state index contributed by atoms with van der Waals surface area (Å²) in [5, 5.41) is 15.8. The van der Waals surface area contributed by atoms with E-state index >= 15 is 0 Å². The van der Waals surface area contributed by atoms with Crippen molar-refractivity contribution in [2.75, 3.05) is 26.2 Å². The van der Waals surface area contributed by atoms with E-state index in [-0.39, 0.29) is 13.1 Å². The maximum Gasteiger partial charge on any atom is 0.321 e. The highest BCUT2D eigenvalue weighted by Gasteiger charge is 2.32. The Balaban J connectivity index is 2.55. The van der Waals surface area contributed by atoms with Crippen LogP contribution in [0.5, 0.6) is 0 Å². The largest absolute Gasteiger partial charge is 0.481 e. The Morgan fingerprint density at radius 3 is 2.81 bits per heavy atom. The molecule has 0 aromatic carbocycles. The summed E-state index contributed by atoms with van der Waals surface area (Å²) in [6.07, 6.45) is 1.06. The van der Waals surface area contributed by atoms with Gasteiger partial charge in [-0.15, -0.1) is 6.58 Å². The fourth-order valence-corrected chi connectivity index (χ4v) is 1.90. The highest BCUT2D eigenvalue weighted by atomic mass is 16.4. The number of carbonyl (C=O) groups is 4. The first-order chi connectivity index (χ1) is 9.93. The predicted molar refractivity (Wildman–Crippen MR) is 72.4 cm³/mol. The monoisotopic (exact) mass is 298 g/mol. The van der Waals surface area contributed by atoms with E-state index in [1.807, 2.05) is 0 Å². The molecule has 9 heteroatoms. The molecular weight excluding hydrogens is 280 g/mol. The van der Waals surface area contributed by atoms with Gasteiger partial charge in [-0.1, -0.05) is 6.08 Å². The van der Waals surface area contributed by atoms with E-state index in [0.717, 1.165) is 0 Å². The number of nitrogens with one attached hydrogen (secondary N) is 3. The van der Waals surface area contributed by atoms with Gasteiger partial charge in [0.1, 0.15) is 6.04 Å². The standard InChI is InChI=1S/C12H18N4O5/c1-2-3-14-12(21)15-9(17)7-16-5-4-13-11(20)8(16)6-10(18)19/h2,8H,1,3-7H2,(H,13,20)(H,18,19)(H2,14,15,17,21). The third kappa shape index (κ3) is 5.61. The van der Waals surface area contributed by atoms with Gasteiger partial charge in [0.15, 0.2) is 0 Å². The van der Waals surface area contributed by atoms with Crippen LogP contribution in [0.4, 0.5) is 4.79 Å². The van der Waals surface area contributed by atoms with Gasteiger partial charge in [0.05, 0.1) is 13.0 Å². The highest BCUT2D eigenvalue weighted by Crippen LogP contribution is 2.08. The molecule has 1 saturated heterocycles. The van der Waals surface area contributed by atoms with Crippen LogP contribution in [0, 0.1) is 0 Å². The Hall–Kier alpha value is -2.42. The van der Waals surface area contributed by atoms with Crippen LogP contribution in [0.3, 0.4) is 0 Å². The van der Waals surface area contributed by atoms with Crippen molar-refractivity contribution in [3.63, 3.8) is 0 Å². The molecule has 21 heavy (non-hydrogen) atoms. The molecule has 1 fully saturated rings. The molecule has 4 N–H and O–H groups in total. The van der Waals surface area contributed by atoms with Gasteiger partial charge in [-0.05, 0) is 0 Å². The summed E-state index contributed by atoms with van der Waals surface area (Å²) in [5.41, 5.74) is 0. The molecule has 0 aromatic rings. The number of aliphatic carboxylic acids is 1. The molecule has 0 radical (unpaired) electrons. The van der Waals surface area contributed by atoms with Crippen molar-refractivity contribution in [1.82, 2.24) is 20.9 Å². The summed E-state index contributed by atoms with van der Waals surface area (Å²) in [7, 11) is 0. The first-order valence-corrected chi connectivity index (χ1v) is 6.36. The van der Waals surface area contributed by atoms with Crippen LogP contribution in [-0.4, -0.2) is 66.0 Å². The van der Waals surface area contributed by atoms with Gasteiger partial charge < -0.3 is 15.7 Å². The number of hydrogen-bond donors (Lipinski definition) is 4. The molecule has 0 saturated carbocycles. The van der Waals surface area contributed by atoms with Crippen LogP contribution in [0.25, 0.3) is 0 Å². The number of urea groups is 1. The van der Waals surface area contributed by atoms with Crippen LogP contribution in [0.15, 0.2) is 12.7 Å². The Morgan fingerprint density at radius 2 is 2.19 bits per heavy atom. The van der Waals surface area contributed by atoms with Gasteiger partial charge in [-0.25, -0.2) is 4.79 Å². The third-order valence-electron chi connectivity index (χ3n) is 2.82. The topological polar surface area (TPSA) is 128 Å². The summed E-state index contributed by atoms with van der Waals surface area (Å²) < 4.78 is 0. The Labute approximate surface area is 121 Å². The van der Waals surface area contributed by atoms with Crippen molar-refractivity contribution in [1.29, 1.82) is 0 Å². The molecule has 4 amide bonds. The first kappa shape index (κ1) is 16.6. The Morgan fingerprint density at radius 1 is 1.48 bits per heavy atom. The number of carboxylic acid groups (broad SMARTS) is 1. The molecule has 1 aliphatic heterocycles. The number of hydrogen-bond acceptors (Lipinski definition) is 5. The maximum absolute atomic E-state index is 11.7. The SMILES string of the molecule is C=CCNC(=O)NC(=O)CN1CCNC(=O)C1CC(=O)O. The van der Waals surface area contributed by atoms with Crippen molar-refractivity contribution in [2.45, 2.75) is 12.5 Å². The number of nitrogens with zero attached hydrogens (tertiary/aromatic N) is 1. The average Bonchev–Trinajstić information content (AvgIpc) is 2.40. The van der Waals surface area contributed by atoms with Gasteiger partial charge in [0.25, 0.3) is 0 Å². The smallest absolute Gasteiger partial charge is 0.321 e. The summed E-state index contributed by atoms with van der Waals surface area (Å²) in [4.78, 5) is 46.8. The minimum absolute atomic E-state index is 0.215. The summed E-state index contributed by atoms with van der Waals surface area (Å²) in [6.45, 7) is 4.06. The molecule has 116 valence electrons. The molecule has 0 bridgehead atoms. The lowest BCUT2D eigenvalue weighted by Gasteiger charge is -2.33. The molecule has 0 spiro atoms. The van der Waals surface area contributed by atoms with Crippen molar-refractivity contribution in [2.24, 2.45) is 0 Å². The Bertz CT molecular complexity index is 451. The third-order valence-corrected chi connectivity index (χ3v) is 2.82. The maximum atomic E-state index is 11.7. The minimum Gasteiger partial charge on any atom is -0.481 e. The molecule has 0 aromatic heterocycles. The van der Waals surface area contributed by atoms with Gasteiger partial charge in [-0.2, -0.15) is 0 Å². The van der Waals surface area contributed by atoms with Crippen LogP contribution in [-0.2, 0) is 14.4 Å². The normalized spacial score (nSPS) is 18.5. The number of carbonyl (C=O) groups excluding carboxylic acids is 3. The molecule has 1 unspecified atom stereocenters. The number of rotatable bonds is 6. The van der Waals surface area contributed by atoms with Gasteiger partial charge in [-0.3, -0.25) is 24.6 Å². The second-order valence-corrected chi connectivity index (χ2v) is 4.42. The van der Waals surface area contributed by atoms with Gasteiger partial charge >= 0.3 is 12.0 Å². The zero-order valence-electron chi connectivity index (χ0n) is 11.4. The molecule has 1 heterocycles. The van der Waals surface area contributed by atoms with E-state index in [1.54, 1.807) is 0 Å². The van der Waals surface area contributed by atoms with Crippen molar-refractivity contribution >= 4 is 23.8 Å². The second kappa shape index (κ2) is 8.00. The number of amides is 4. The average molecular weight is 298 g/mol. The van der Waals surface area contributed by atoms with Crippen molar-refractivity contribution in [3.05, 3.63) is 12.7 Å². The zero-order valence-corrected chi connectivity index (χ0v) is 11.4. The van der Waals surface area contributed by atoms with Crippen molar-refractivity contribution in [3.8, 4) is 0 Å². The van der Waals surface area contributed by atoms with Crippen LogP contribution >= 0.6 is 0 Å². The lowest BCUT2D eigenvalue weighted by atomic mass is 10.1. The fraction of sp³-hybridized carbons (Fsp3) is 0.500. The quantitative estimate of drug-likeness (QED) is 0.432. The van der Waals surface area contributed by atoms with E-state index in [9.17, 15) is 19.2 Å².